The summed E-state index contributed by atoms with van der Waals surface area (Å²) in [6.45, 7) is 0. The molecule has 3 nitrogen and oxygen atoms in total. The van der Waals surface area contributed by atoms with Gasteiger partial charge in [-0.05, 0) is 116 Å². The number of thiophene rings is 3. The standard InChI is InChI=1S/C11H7IOS.C10H10F3NS2.C7H5ClO.C4H2I2S.C4H2IS.CH4.2ClH.HI.2Li.2Zn/c12-10-7-6-9(14-10)11(13)8-4-2-1-3-5-8;1-14(2)9(15)16-8-6-4-3-5-7(8)10(11,12)13;8-7(9)6-4-2-1-3-5-6;5-3-1-2-4(6)7-3;5-4-2-1-3-6-4;;;;;;;;/h1-7H;3-6H,1-2H3;1-5H;1-2H;1-2H;1H4;3*1H;;;;/q;;;;-1;;;;;2*+1;;+2/p-3. The molecular formula is C37H30Cl3F3I5Li2NO2S5Zn2. The summed E-state index contributed by atoms with van der Waals surface area (Å²) >= 11 is 28.8. The van der Waals surface area contributed by atoms with Crippen LogP contribution in [-0.2, 0) is 40.4 Å². The number of thiocarbonyl (C=S) groups is 1. The van der Waals surface area contributed by atoms with Crippen LogP contribution < -0.4 is 62.5 Å². The molecule has 0 spiro atoms. The number of halogens is 11. The van der Waals surface area contributed by atoms with Crippen molar-refractivity contribution in [3.05, 3.63) is 160 Å². The summed E-state index contributed by atoms with van der Waals surface area (Å²) in [5.74, 6) is 0.110. The van der Waals surface area contributed by atoms with Gasteiger partial charge in [0.15, 0.2) is 0 Å². The molecule has 6 rings (SSSR count). The smallest absolute Gasteiger partial charge is 0 e. The normalized spacial score (nSPS) is 8.82. The number of hydrogen-bond donors (Lipinski definition) is 0. The fourth-order valence-corrected chi connectivity index (χ4v) is 10.5. The van der Waals surface area contributed by atoms with Crippen LogP contribution in [0.25, 0.3) is 0 Å². The Morgan fingerprint density at radius 1 is 0.717 bits per heavy atom. The summed E-state index contributed by atoms with van der Waals surface area (Å²) < 4.78 is 43.5. The number of carbonyl (C=O) groups excluding carboxylic acids is 2. The monoisotopic (exact) mass is 1620 g/mol. The largest absolute Gasteiger partial charge is 0 e. The Morgan fingerprint density at radius 3 is 1.47 bits per heavy atom. The Balaban J connectivity index is -0.000000152. The second kappa shape index (κ2) is 43.4. The van der Waals surface area contributed by atoms with Crippen LogP contribution in [0.2, 0.25) is 0 Å². The van der Waals surface area contributed by atoms with Gasteiger partial charge in [-0.3, -0.25) is 20.9 Å². The summed E-state index contributed by atoms with van der Waals surface area (Å²) in [7, 11) is 3.40. The van der Waals surface area contributed by atoms with Crippen molar-refractivity contribution in [2.24, 2.45) is 0 Å². The molecule has 0 saturated carbocycles. The quantitative estimate of drug-likeness (QED) is 0.0510. The van der Waals surface area contributed by atoms with E-state index in [0.717, 1.165) is 31.2 Å². The Hall–Kier alpha value is 3.09. The fourth-order valence-electron chi connectivity index (χ4n) is 3.23. The van der Waals surface area contributed by atoms with E-state index in [-0.39, 0.29) is 100 Å². The molecule has 0 unspecified atom stereocenters. The van der Waals surface area contributed by atoms with E-state index >= 15 is 0 Å². The van der Waals surface area contributed by atoms with Gasteiger partial charge in [0.05, 0.1) is 19.1 Å². The van der Waals surface area contributed by atoms with E-state index < -0.39 is 17.0 Å². The summed E-state index contributed by atoms with van der Waals surface area (Å²) in [5.41, 5.74) is 0.647. The Bertz CT molecular complexity index is 1980. The van der Waals surface area contributed by atoms with Crippen LogP contribution in [0, 0.1) is 16.9 Å². The molecule has 0 aliphatic carbocycles. The summed E-state index contributed by atoms with van der Waals surface area (Å²) in [5, 5.41) is 2.56. The van der Waals surface area contributed by atoms with Crippen molar-refractivity contribution in [3.63, 3.8) is 0 Å². The van der Waals surface area contributed by atoms with E-state index in [0.29, 0.717) is 9.88 Å². The van der Waals surface area contributed by atoms with Crippen LogP contribution in [0.1, 0.15) is 38.6 Å². The number of carbonyl (C=O) groups is 2. The number of nitrogens with zero attached hydrogens (tertiary/aromatic N) is 1. The van der Waals surface area contributed by atoms with Crippen molar-refractivity contribution in [2.45, 2.75) is 18.5 Å². The molecule has 0 radical (unpaired) electrons. The third kappa shape index (κ3) is 33.5. The molecule has 0 saturated heterocycles. The fraction of sp³-hybridized carbons (Fsp3) is 0.108. The molecule has 23 heteroatoms. The van der Waals surface area contributed by atoms with Crippen LogP contribution >= 0.6 is 180 Å². The Labute approximate surface area is 503 Å². The molecule has 60 heavy (non-hydrogen) atoms. The predicted octanol–water partition coefficient (Wildman–Crippen LogP) is 3.94. The number of hydrogen-bond acceptors (Lipinski definition) is 7. The van der Waals surface area contributed by atoms with Crippen LogP contribution in [-0.4, -0.2) is 34.3 Å². The Morgan fingerprint density at radius 2 is 1.15 bits per heavy atom. The second-order valence-electron chi connectivity index (χ2n) is 9.60. The molecule has 0 atom stereocenters. The summed E-state index contributed by atoms with van der Waals surface area (Å²) in [4.78, 5) is 24.8. The van der Waals surface area contributed by atoms with Gasteiger partial charge < -0.3 is 29.7 Å². The van der Waals surface area contributed by atoms with Crippen molar-refractivity contribution in [1.29, 1.82) is 0 Å². The first kappa shape index (κ1) is 74.6. The zero-order chi connectivity index (χ0) is 40.7. The van der Waals surface area contributed by atoms with Gasteiger partial charge in [-0.15, -0.1) is 50.6 Å². The summed E-state index contributed by atoms with van der Waals surface area (Å²) in [6.07, 6.45) is -4.34. The van der Waals surface area contributed by atoms with Crippen molar-refractivity contribution < 1.29 is 120 Å². The topological polar surface area (TPSA) is 37.4 Å². The minimum Gasteiger partial charge on any atom is 0 e. The van der Waals surface area contributed by atoms with Gasteiger partial charge in [0.25, 0.3) is 5.24 Å². The van der Waals surface area contributed by atoms with Crippen LogP contribution in [0.15, 0.2) is 126 Å². The van der Waals surface area contributed by atoms with Crippen molar-refractivity contribution in [3.8, 4) is 0 Å². The maximum atomic E-state index is 12.6. The van der Waals surface area contributed by atoms with Crippen LogP contribution in [0.3, 0.4) is 0 Å². The SMILES string of the molecule is C.CN(C)C(=S)Sc1ccccc1C(F)(F)F.Ic1cc[c-]s1.Ic1ccc(I)s1.O=C(Cl)c1ccccc1.O=C(c1ccccc1)c1ccc(I)s1.[Cl-].[Cl-].[Li+].[Li+].[Zn+][I].[Zn]. The molecule has 0 fully saturated rings. The third-order valence-electron chi connectivity index (χ3n) is 5.57. The minimum absolute atomic E-state index is 0. The van der Waals surface area contributed by atoms with E-state index in [1.54, 1.807) is 60.7 Å². The molecule has 3 aromatic heterocycles. The molecule has 0 bridgehead atoms. The first-order chi connectivity index (χ1) is 25.6. The first-order valence-corrected chi connectivity index (χ1v) is 31.9. The van der Waals surface area contributed by atoms with Crippen molar-refractivity contribution >= 4 is 195 Å². The van der Waals surface area contributed by atoms with Crippen molar-refractivity contribution in [1.82, 2.24) is 4.90 Å². The van der Waals surface area contributed by atoms with E-state index in [1.807, 2.05) is 72.0 Å². The van der Waals surface area contributed by atoms with Crippen LogP contribution in [0.4, 0.5) is 13.2 Å². The average molecular weight is 1620 g/mol. The maximum Gasteiger partial charge on any atom is 0 e. The van der Waals surface area contributed by atoms with Crippen molar-refractivity contribution in [2.75, 3.05) is 14.1 Å². The third-order valence-corrected chi connectivity index (χ3v) is 13.7. The summed E-state index contributed by atoms with van der Waals surface area (Å²) in [6, 6.07) is 35.5. The van der Waals surface area contributed by atoms with E-state index in [4.69, 9.17) is 23.8 Å². The van der Waals surface area contributed by atoms with Gasteiger partial charge in [0, 0.05) is 49.6 Å². The first-order valence-electron chi connectivity index (χ1n) is 14.5. The van der Waals surface area contributed by atoms with E-state index in [1.165, 1.54) is 46.9 Å². The molecule has 0 aliphatic rings. The second-order valence-corrected chi connectivity index (χ2v) is 22.2. The maximum absolute atomic E-state index is 12.6. The molecule has 3 heterocycles. The van der Waals surface area contributed by atoms with Gasteiger partial charge in [-0.2, -0.15) is 25.3 Å². The van der Waals surface area contributed by atoms with E-state index in [2.05, 4.69) is 128 Å². The van der Waals surface area contributed by atoms with E-state index in [9.17, 15) is 22.8 Å². The van der Waals surface area contributed by atoms with Gasteiger partial charge in [0.1, 0.15) is 4.32 Å². The number of thioether (sulfide) groups is 1. The van der Waals surface area contributed by atoms with Crippen LogP contribution in [0.5, 0.6) is 0 Å². The molecule has 3 aromatic carbocycles. The molecular weight excluding hydrogens is 1590 g/mol. The minimum atomic E-state index is -4.34. The molecule has 0 N–H and O–H groups in total. The molecule has 308 valence electrons. The van der Waals surface area contributed by atoms with Gasteiger partial charge in [-0.1, -0.05) is 107 Å². The predicted molar refractivity (Wildman–Crippen MR) is 273 cm³/mol. The Kier molecular flexibility index (Phi) is 54.0. The number of rotatable bonds is 4. The number of benzene rings is 3. The molecule has 0 amide bonds. The van der Waals surface area contributed by atoms with Gasteiger partial charge >= 0.3 is 78.4 Å². The number of ketones is 1. The number of alkyl halides is 3. The van der Waals surface area contributed by atoms with Gasteiger partial charge in [-0.25, -0.2) is 0 Å². The zero-order valence-corrected chi connectivity index (χ0v) is 54.5. The zero-order valence-electron chi connectivity index (χ0n) is 31.4. The average Bonchev–Trinajstić information content (AvgIpc) is 3.92. The molecule has 0 aliphatic heterocycles. The molecule has 6 aromatic rings. The van der Waals surface area contributed by atoms with Gasteiger partial charge in [0.2, 0.25) is 5.78 Å².